The van der Waals surface area contributed by atoms with Gasteiger partial charge in [-0.3, -0.25) is 0 Å². The molecule has 5 nitrogen and oxygen atoms in total. The molecule has 1 aromatic heterocycles. The van der Waals surface area contributed by atoms with Crippen molar-refractivity contribution in [3.63, 3.8) is 0 Å². The maximum absolute atomic E-state index is 12.2. The van der Waals surface area contributed by atoms with E-state index in [-0.39, 0.29) is 16.7 Å². The van der Waals surface area contributed by atoms with Gasteiger partial charge in [-0.2, -0.15) is 0 Å². The van der Waals surface area contributed by atoms with Gasteiger partial charge in [-0.25, -0.2) is 9.78 Å². The van der Waals surface area contributed by atoms with Crippen molar-refractivity contribution in [2.24, 2.45) is 0 Å². The fraction of sp³-hybridized carbons (Fsp3) is 0.467. The molecule has 0 saturated heterocycles. The van der Waals surface area contributed by atoms with Gasteiger partial charge in [0.25, 0.3) is 0 Å². The first-order valence-corrected chi connectivity index (χ1v) is 7.75. The Labute approximate surface area is 138 Å². The lowest BCUT2D eigenvalue weighted by atomic mass is 9.76. The highest BCUT2D eigenvalue weighted by Crippen LogP contribution is 2.48. The molecule has 1 N–H and O–H groups in total. The summed E-state index contributed by atoms with van der Waals surface area (Å²) in [5.74, 6) is -0.716. The molecule has 0 saturated carbocycles. The minimum atomic E-state index is -1.78. The number of fused-ring (bicyclic) bond motifs is 2. The van der Waals surface area contributed by atoms with Crippen LogP contribution in [0.4, 0.5) is 0 Å². The summed E-state index contributed by atoms with van der Waals surface area (Å²) in [4.78, 5) is 18.4. The van der Waals surface area contributed by atoms with Gasteiger partial charge in [0.2, 0.25) is 0 Å². The van der Waals surface area contributed by atoms with E-state index in [2.05, 4.69) is 9.88 Å². The molecule has 0 aromatic carbocycles. The third-order valence-corrected chi connectivity index (χ3v) is 4.77. The summed E-state index contributed by atoms with van der Waals surface area (Å²) in [6.45, 7) is 0.883. The molecule has 0 spiro atoms. The summed E-state index contributed by atoms with van der Waals surface area (Å²) >= 11 is 12.3. The van der Waals surface area contributed by atoms with Gasteiger partial charge in [-0.1, -0.05) is 23.2 Å². The fourth-order valence-corrected chi connectivity index (χ4v) is 3.88. The molecule has 3 rings (SSSR count). The number of methoxy groups -OCH3 is 1. The number of halogens is 2. The second-order valence-corrected chi connectivity index (χ2v) is 6.41. The number of pyridine rings is 1. The number of hydrogen-bond donors (Lipinski definition) is 1. The number of carbonyl (C=O) groups is 1. The normalized spacial score (nSPS) is 24.0. The van der Waals surface area contributed by atoms with E-state index >= 15 is 0 Å². The summed E-state index contributed by atoms with van der Waals surface area (Å²) in [5, 5.41) is 11.3. The van der Waals surface area contributed by atoms with E-state index < -0.39 is 11.6 Å². The van der Waals surface area contributed by atoms with E-state index in [1.165, 1.54) is 13.2 Å². The lowest BCUT2D eigenvalue weighted by Crippen LogP contribution is -2.42. The SMILES string of the molecule is COC(=O)[C@]1(O)CC2=C(c3c1cc(Cl)nc3Cl)N(C)CCC2. The molecule has 22 heavy (non-hydrogen) atoms. The van der Waals surface area contributed by atoms with Crippen LogP contribution in [0.2, 0.25) is 10.3 Å². The molecule has 0 amide bonds. The zero-order valence-electron chi connectivity index (χ0n) is 12.3. The van der Waals surface area contributed by atoms with Crippen LogP contribution in [0.1, 0.15) is 30.4 Å². The maximum atomic E-state index is 12.2. The summed E-state index contributed by atoms with van der Waals surface area (Å²) in [7, 11) is 3.22. The topological polar surface area (TPSA) is 62.7 Å². The molecule has 1 aliphatic heterocycles. The molecule has 2 heterocycles. The molecule has 0 fully saturated rings. The van der Waals surface area contributed by atoms with Crippen molar-refractivity contribution in [3.8, 4) is 0 Å². The van der Waals surface area contributed by atoms with Gasteiger partial charge in [0.05, 0.1) is 7.11 Å². The molecular weight excluding hydrogens is 327 g/mol. The Morgan fingerprint density at radius 1 is 1.50 bits per heavy atom. The van der Waals surface area contributed by atoms with Crippen molar-refractivity contribution in [3.05, 3.63) is 33.1 Å². The third-order valence-electron chi connectivity index (χ3n) is 4.31. The highest BCUT2D eigenvalue weighted by molar-refractivity contribution is 6.34. The molecule has 0 bridgehead atoms. The van der Waals surface area contributed by atoms with Crippen LogP contribution in [0.5, 0.6) is 0 Å². The number of aromatic nitrogens is 1. The molecule has 1 aromatic rings. The number of ether oxygens (including phenoxy) is 1. The van der Waals surface area contributed by atoms with Crippen molar-refractivity contribution in [2.45, 2.75) is 24.9 Å². The van der Waals surface area contributed by atoms with E-state index in [9.17, 15) is 9.90 Å². The van der Waals surface area contributed by atoms with Gasteiger partial charge in [-0.05, 0) is 24.5 Å². The Bertz CT molecular complexity index is 690. The first-order chi connectivity index (χ1) is 10.4. The molecule has 2 aliphatic rings. The lowest BCUT2D eigenvalue weighted by Gasteiger charge is -2.40. The van der Waals surface area contributed by atoms with Crippen LogP contribution in [0.25, 0.3) is 5.70 Å². The molecule has 1 atom stereocenters. The average molecular weight is 343 g/mol. The summed E-state index contributed by atoms with van der Waals surface area (Å²) in [6.07, 6.45) is 1.95. The summed E-state index contributed by atoms with van der Waals surface area (Å²) in [6, 6.07) is 1.49. The van der Waals surface area contributed by atoms with Gasteiger partial charge < -0.3 is 14.7 Å². The third kappa shape index (κ3) is 2.19. The van der Waals surface area contributed by atoms with Crippen LogP contribution in [-0.2, 0) is 15.1 Å². The van der Waals surface area contributed by atoms with E-state index in [0.717, 1.165) is 30.7 Å². The van der Waals surface area contributed by atoms with E-state index in [1.54, 1.807) is 0 Å². The van der Waals surface area contributed by atoms with Crippen LogP contribution in [0, 0.1) is 0 Å². The van der Waals surface area contributed by atoms with Crippen LogP contribution >= 0.6 is 23.2 Å². The second kappa shape index (κ2) is 5.41. The first-order valence-electron chi connectivity index (χ1n) is 6.99. The van der Waals surface area contributed by atoms with Crippen LogP contribution in [0.3, 0.4) is 0 Å². The van der Waals surface area contributed by atoms with Crippen molar-refractivity contribution in [2.75, 3.05) is 20.7 Å². The minimum Gasteiger partial charge on any atom is -0.467 e. The van der Waals surface area contributed by atoms with Gasteiger partial charge in [0, 0.05) is 36.8 Å². The van der Waals surface area contributed by atoms with Gasteiger partial charge in [0.1, 0.15) is 10.3 Å². The van der Waals surface area contributed by atoms with Crippen LogP contribution < -0.4 is 0 Å². The smallest absolute Gasteiger partial charge is 0.342 e. The lowest BCUT2D eigenvalue weighted by molar-refractivity contribution is -0.163. The standard InChI is InChI=1S/C15H16Cl2N2O3/c1-19-5-3-4-8-7-15(21,14(20)22-2)9-6-10(16)18-13(17)11(9)12(8)19/h6,21H,3-5,7H2,1-2H3/t15-/m0/s1. The van der Waals surface area contributed by atoms with E-state index in [0.29, 0.717) is 11.1 Å². The summed E-state index contributed by atoms with van der Waals surface area (Å²) in [5.41, 5.74) is 1.07. The number of hydrogen-bond acceptors (Lipinski definition) is 5. The average Bonchev–Trinajstić information content (AvgIpc) is 2.47. The Morgan fingerprint density at radius 2 is 2.23 bits per heavy atom. The van der Waals surface area contributed by atoms with Gasteiger partial charge in [-0.15, -0.1) is 0 Å². The summed E-state index contributed by atoms with van der Waals surface area (Å²) < 4.78 is 4.80. The molecule has 0 unspecified atom stereocenters. The highest BCUT2D eigenvalue weighted by atomic mass is 35.5. The van der Waals surface area contributed by atoms with Crippen molar-refractivity contribution < 1.29 is 14.6 Å². The number of rotatable bonds is 1. The van der Waals surface area contributed by atoms with Crippen LogP contribution in [0.15, 0.2) is 11.6 Å². The van der Waals surface area contributed by atoms with E-state index in [4.69, 9.17) is 27.9 Å². The molecular formula is C15H16Cl2N2O3. The number of carbonyl (C=O) groups excluding carboxylic acids is 1. The first kappa shape index (κ1) is 15.6. The minimum absolute atomic E-state index is 0.133. The van der Waals surface area contributed by atoms with E-state index in [1.807, 2.05) is 7.05 Å². The molecule has 7 heteroatoms. The quantitative estimate of drug-likeness (QED) is 0.627. The maximum Gasteiger partial charge on any atom is 0.342 e. The molecule has 1 aliphatic carbocycles. The Balaban J connectivity index is 2.31. The van der Waals surface area contributed by atoms with Crippen molar-refractivity contribution >= 4 is 34.9 Å². The Hall–Kier alpha value is -1.30. The molecule has 118 valence electrons. The van der Waals surface area contributed by atoms with Gasteiger partial charge in [0.15, 0.2) is 5.60 Å². The Morgan fingerprint density at radius 3 is 2.91 bits per heavy atom. The highest BCUT2D eigenvalue weighted by Gasteiger charge is 2.47. The second-order valence-electron chi connectivity index (χ2n) is 5.66. The van der Waals surface area contributed by atoms with Crippen molar-refractivity contribution in [1.29, 1.82) is 0 Å². The predicted octanol–water partition coefficient (Wildman–Crippen LogP) is 2.59. The zero-order valence-corrected chi connectivity index (χ0v) is 13.8. The largest absolute Gasteiger partial charge is 0.467 e. The number of nitrogens with zero attached hydrogens (tertiary/aromatic N) is 2. The monoisotopic (exact) mass is 342 g/mol. The zero-order chi connectivity index (χ0) is 16.1. The number of esters is 1. The number of aliphatic hydroxyl groups is 1. The predicted molar refractivity (Wildman–Crippen MR) is 83.6 cm³/mol. The van der Waals surface area contributed by atoms with Gasteiger partial charge >= 0.3 is 5.97 Å². The Kier molecular flexibility index (Phi) is 3.83. The van der Waals surface area contributed by atoms with Crippen molar-refractivity contribution in [1.82, 2.24) is 9.88 Å². The fourth-order valence-electron chi connectivity index (χ4n) is 3.36. The molecule has 0 radical (unpaired) electrons. The van der Waals surface area contributed by atoms with Crippen LogP contribution in [-0.4, -0.2) is 41.7 Å².